The lowest BCUT2D eigenvalue weighted by Gasteiger charge is -2.01. The van der Waals surface area contributed by atoms with E-state index in [-0.39, 0.29) is 11.7 Å². The molecule has 0 saturated heterocycles. The largest absolute Gasteiger partial charge is 0.507 e. The van der Waals surface area contributed by atoms with Gasteiger partial charge < -0.3 is 5.11 Å². The number of hydrogen-bond acceptors (Lipinski definition) is 3. The van der Waals surface area contributed by atoms with Crippen LogP contribution >= 0.6 is 15.9 Å². The number of aromatic hydroxyl groups is 1. The second-order valence-corrected chi connectivity index (χ2v) is 5.93. The number of amides is 1. The van der Waals surface area contributed by atoms with Crippen LogP contribution in [0.1, 0.15) is 57.4 Å². The van der Waals surface area contributed by atoms with Crippen LogP contribution in [0.25, 0.3) is 0 Å². The molecule has 0 aliphatic rings. The van der Waals surface area contributed by atoms with E-state index in [4.69, 9.17) is 0 Å². The number of carbonyl (C=O) groups excluding carboxylic acids is 1. The zero-order valence-corrected chi connectivity index (χ0v) is 14.0. The Labute approximate surface area is 134 Å². The van der Waals surface area contributed by atoms with E-state index in [2.05, 4.69) is 33.4 Å². The van der Waals surface area contributed by atoms with Crippen molar-refractivity contribution in [1.29, 1.82) is 0 Å². The molecular formula is C16H23BrN2O2. The third-order valence-corrected chi connectivity index (χ3v) is 3.63. The summed E-state index contributed by atoms with van der Waals surface area (Å²) >= 11 is 3.32. The van der Waals surface area contributed by atoms with Crippen molar-refractivity contribution in [2.24, 2.45) is 5.10 Å². The van der Waals surface area contributed by atoms with E-state index in [0.29, 0.717) is 12.0 Å². The highest BCUT2D eigenvalue weighted by molar-refractivity contribution is 9.10. The predicted octanol–water partition coefficient (Wildman–Crippen LogP) is 4.36. The van der Waals surface area contributed by atoms with Gasteiger partial charge in [-0.3, -0.25) is 4.79 Å². The Morgan fingerprint density at radius 1 is 1.29 bits per heavy atom. The molecule has 5 heteroatoms. The van der Waals surface area contributed by atoms with Gasteiger partial charge in [-0.15, -0.1) is 0 Å². The van der Waals surface area contributed by atoms with Gasteiger partial charge in [0.25, 0.3) is 0 Å². The molecule has 1 rings (SSSR count). The fraction of sp³-hybridized carbons (Fsp3) is 0.500. The summed E-state index contributed by atoms with van der Waals surface area (Å²) in [7, 11) is 0. The standard InChI is InChI=1S/C16H23BrN2O2/c1-2-3-4-5-6-7-8-16(21)19-18-12-13-11-14(17)9-10-15(13)20/h9-12,20H,2-8H2,1H3,(H,19,21)/b18-12+. The van der Waals surface area contributed by atoms with Gasteiger partial charge >= 0.3 is 0 Å². The average molecular weight is 355 g/mol. The van der Waals surface area contributed by atoms with E-state index in [1.54, 1.807) is 18.2 Å². The van der Waals surface area contributed by atoms with Crippen LogP contribution in [-0.4, -0.2) is 17.2 Å². The van der Waals surface area contributed by atoms with Crippen molar-refractivity contribution in [3.63, 3.8) is 0 Å². The summed E-state index contributed by atoms with van der Waals surface area (Å²) in [4.78, 5) is 11.6. The molecule has 0 fully saturated rings. The molecule has 2 N–H and O–H groups in total. The Balaban J connectivity index is 2.23. The number of phenolic OH excluding ortho intramolecular Hbond substituents is 1. The number of unbranched alkanes of at least 4 members (excludes halogenated alkanes) is 5. The summed E-state index contributed by atoms with van der Waals surface area (Å²) in [6.45, 7) is 2.19. The molecule has 0 aliphatic heterocycles. The molecule has 1 amide bonds. The van der Waals surface area contributed by atoms with E-state index in [1.807, 2.05) is 0 Å². The van der Waals surface area contributed by atoms with Gasteiger partial charge in [0.15, 0.2) is 0 Å². The van der Waals surface area contributed by atoms with Crippen molar-refractivity contribution in [1.82, 2.24) is 5.43 Å². The Bertz CT molecular complexity index is 475. The van der Waals surface area contributed by atoms with E-state index >= 15 is 0 Å². The fourth-order valence-corrected chi connectivity index (χ4v) is 2.30. The van der Waals surface area contributed by atoms with Crippen LogP contribution < -0.4 is 5.43 Å². The highest BCUT2D eigenvalue weighted by Gasteiger charge is 2.01. The van der Waals surface area contributed by atoms with E-state index < -0.39 is 0 Å². The van der Waals surface area contributed by atoms with Gasteiger partial charge in [-0.2, -0.15) is 5.10 Å². The van der Waals surface area contributed by atoms with Crippen molar-refractivity contribution in [3.8, 4) is 5.75 Å². The topological polar surface area (TPSA) is 61.7 Å². The van der Waals surface area contributed by atoms with Crippen LogP contribution in [0.2, 0.25) is 0 Å². The van der Waals surface area contributed by atoms with Gasteiger partial charge in [0, 0.05) is 16.5 Å². The number of hydrogen-bond donors (Lipinski definition) is 2. The molecule has 0 aliphatic carbocycles. The maximum absolute atomic E-state index is 11.6. The van der Waals surface area contributed by atoms with Gasteiger partial charge in [-0.05, 0) is 24.6 Å². The number of halogens is 1. The Morgan fingerprint density at radius 3 is 2.76 bits per heavy atom. The van der Waals surface area contributed by atoms with Crippen molar-refractivity contribution in [2.75, 3.05) is 0 Å². The molecule has 1 aromatic carbocycles. The molecular weight excluding hydrogens is 332 g/mol. The van der Waals surface area contributed by atoms with Crippen molar-refractivity contribution in [3.05, 3.63) is 28.2 Å². The van der Waals surface area contributed by atoms with Gasteiger partial charge in [0.05, 0.1) is 6.21 Å². The zero-order chi connectivity index (χ0) is 15.5. The molecule has 116 valence electrons. The average Bonchev–Trinajstić information content (AvgIpc) is 2.46. The summed E-state index contributed by atoms with van der Waals surface area (Å²) in [5, 5.41) is 13.5. The highest BCUT2D eigenvalue weighted by Crippen LogP contribution is 2.19. The summed E-state index contributed by atoms with van der Waals surface area (Å²) in [6.07, 6.45) is 8.86. The maximum atomic E-state index is 11.6. The smallest absolute Gasteiger partial charge is 0.240 e. The number of benzene rings is 1. The minimum absolute atomic E-state index is 0.0868. The van der Waals surface area contributed by atoms with E-state index in [0.717, 1.165) is 17.3 Å². The number of carbonyl (C=O) groups is 1. The number of phenols is 1. The van der Waals surface area contributed by atoms with Gasteiger partial charge in [0.2, 0.25) is 5.91 Å². The quantitative estimate of drug-likeness (QED) is 0.393. The van der Waals surface area contributed by atoms with E-state index in [9.17, 15) is 9.90 Å². The van der Waals surface area contributed by atoms with Crippen LogP contribution in [0, 0.1) is 0 Å². The second kappa shape index (κ2) is 10.4. The first kappa shape index (κ1) is 17.7. The molecule has 0 aromatic heterocycles. The third-order valence-electron chi connectivity index (χ3n) is 3.14. The van der Waals surface area contributed by atoms with Crippen LogP contribution in [0.15, 0.2) is 27.8 Å². The Kier molecular flexibility index (Phi) is 8.74. The molecule has 0 unspecified atom stereocenters. The first-order chi connectivity index (χ1) is 10.1. The van der Waals surface area contributed by atoms with Crippen LogP contribution in [0.4, 0.5) is 0 Å². The Morgan fingerprint density at radius 2 is 2.00 bits per heavy atom. The first-order valence-corrected chi connectivity index (χ1v) is 8.23. The van der Waals surface area contributed by atoms with Crippen molar-refractivity contribution < 1.29 is 9.90 Å². The summed E-state index contributed by atoms with van der Waals surface area (Å²) in [5.74, 6) is 0.0448. The minimum Gasteiger partial charge on any atom is -0.507 e. The lowest BCUT2D eigenvalue weighted by molar-refractivity contribution is -0.121. The first-order valence-electron chi connectivity index (χ1n) is 7.44. The molecule has 4 nitrogen and oxygen atoms in total. The number of hydrazone groups is 1. The van der Waals surface area contributed by atoms with Gasteiger partial charge in [0.1, 0.15) is 5.75 Å². The predicted molar refractivity (Wildman–Crippen MR) is 89.5 cm³/mol. The van der Waals surface area contributed by atoms with Gasteiger partial charge in [-0.1, -0.05) is 55.0 Å². The van der Waals surface area contributed by atoms with Gasteiger partial charge in [-0.25, -0.2) is 5.43 Å². The van der Waals surface area contributed by atoms with Crippen molar-refractivity contribution >= 4 is 28.1 Å². The number of nitrogens with zero attached hydrogens (tertiary/aromatic N) is 1. The molecule has 0 spiro atoms. The molecule has 0 atom stereocenters. The number of rotatable bonds is 9. The second-order valence-electron chi connectivity index (χ2n) is 5.01. The molecule has 0 bridgehead atoms. The Hall–Kier alpha value is -1.36. The normalized spacial score (nSPS) is 11.0. The molecule has 0 heterocycles. The lowest BCUT2D eigenvalue weighted by Crippen LogP contribution is -2.16. The number of nitrogens with one attached hydrogen (secondary N) is 1. The van der Waals surface area contributed by atoms with E-state index in [1.165, 1.54) is 31.9 Å². The minimum atomic E-state index is -0.0868. The maximum Gasteiger partial charge on any atom is 0.240 e. The van der Waals surface area contributed by atoms with Crippen LogP contribution in [-0.2, 0) is 4.79 Å². The monoisotopic (exact) mass is 354 g/mol. The zero-order valence-electron chi connectivity index (χ0n) is 12.4. The summed E-state index contributed by atoms with van der Waals surface area (Å²) < 4.78 is 0.847. The van der Waals surface area contributed by atoms with Crippen LogP contribution in [0.5, 0.6) is 5.75 Å². The fourth-order valence-electron chi connectivity index (χ4n) is 1.92. The van der Waals surface area contributed by atoms with Crippen LogP contribution in [0.3, 0.4) is 0 Å². The molecule has 1 aromatic rings. The SMILES string of the molecule is CCCCCCCCC(=O)N/N=C/c1cc(Br)ccc1O. The third kappa shape index (κ3) is 7.85. The molecule has 21 heavy (non-hydrogen) atoms. The summed E-state index contributed by atoms with van der Waals surface area (Å²) in [5.41, 5.74) is 3.04. The highest BCUT2D eigenvalue weighted by atomic mass is 79.9. The van der Waals surface area contributed by atoms with Crippen molar-refractivity contribution in [2.45, 2.75) is 51.9 Å². The lowest BCUT2D eigenvalue weighted by atomic mass is 10.1. The molecule has 0 radical (unpaired) electrons. The molecule has 0 saturated carbocycles. The summed E-state index contributed by atoms with van der Waals surface area (Å²) in [6, 6.07) is 5.05.